The Morgan fingerprint density at radius 3 is 3.00 bits per heavy atom. The molecule has 20 heavy (non-hydrogen) atoms. The molecule has 0 saturated heterocycles. The molecule has 0 fully saturated rings. The van der Waals surface area contributed by atoms with Crippen molar-refractivity contribution >= 4 is 33.6 Å². The molecule has 1 heterocycles. The Morgan fingerprint density at radius 2 is 2.25 bits per heavy atom. The number of halogens is 1. The summed E-state index contributed by atoms with van der Waals surface area (Å²) in [5.41, 5.74) is 0. The Labute approximate surface area is 131 Å². The number of nitrogens with zero attached hydrogens (tertiary/aromatic N) is 2. The third-order valence-electron chi connectivity index (χ3n) is 2.50. The summed E-state index contributed by atoms with van der Waals surface area (Å²) >= 11 is 5.06. The van der Waals surface area contributed by atoms with Crippen molar-refractivity contribution in [3.8, 4) is 5.75 Å². The lowest BCUT2D eigenvalue weighted by Gasteiger charge is -2.08. The van der Waals surface area contributed by atoms with Crippen LogP contribution in [0.4, 0.5) is 5.95 Å². The molecule has 2 rings (SSSR count). The van der Waals surface area contributed by atoms with Gasteiger partial charge in [-0.3, -0.25) is 0 Å². The van der Waals surface area contributed by atoms with Crippen LogP contribution in [0.15, 0.2) is 44.9 Å². The quantitative estimate of drug-likeness (QED) is 0.787. The van der Waals surface area contributed by atoms with Gasteiger partial charge in [0.15, 0.2) is 0 Å². The molecule has 0 spiro atoms. The van der Waals surface area contributed by atoms with Gasteiger partial charge in [0, 0.05) is 17.6 Å². The van der Waals surface area contributed by atoms with E-state index in [4.69, 9.17) is 4.74 Å². The predicted molar refractivity (Wildman–Crippen MR) is 85.6 cm³/mol. The summed E-state index contributed by atoms with van der Waals surface area (Å²) in [6, 6.07) is 7.90. The molecule has 4 nitrogen and oxygen atoms in total. The number of hydrogen-bond donors (Lipinski definition) is 1. The zero-order chi connectivity index (χ0) is 14.4. The monoisotopic (exact) mass is 353 g/mol. The van der Waals surface area contributed by atoms with Gasteiger partial charge in [-0.25, -0.2) is 9.97 Å². The van der Waals surface area contributed by atoms with E-state index in [2.05, 4.69) is 38.1 Å². The Balaban J connectivity index is 2.18. The summed E-state index contributed by atoms with van der Waals surface area (Å²) < 4.78 is 6.11. The molecule has 0 aliphatic carbocycles. The largest absolute Gasteiger partial charge is 0.497 e. The molecular formula is C14H16BrN3OS. The Kier molecular flexibility index (Phi) is 5.67. The van der Waals surface area contributed by atoms with Gasteiger partial charge in [0.2, 0.25) is 5.95 Å². The maximum Gasteiger partial charge on any atom is 0.223 e. The van der Waals surface area contributed by atoms with Crippen molar-refractivity contribution in [2.75, 3.05) is 19.0 Å². The number of rotatable bonds is 6. The molecular weight excluding hydrogens is 338 g/mol. The Bertz CT molecular complexity index is 580. The van der Waals surface area contributed by atoms with Crippen LogP contribution in [0, 0.1) is 0 Å². The van der Waals surface area contributed by atoms with Crippen molar-refractivity contribution in [1.82, 2.24) is 9.97 Å². The highest BCUT2D eigenvalue weighted by Crippen LogP contribution is 2.33. The van der Waals surface area contributed by atoms with Gasteiger partial charge in [-0.2, -0.15) is 0 Å². The van der Waals surface area contributed by atoms with E-state index in [0.717, 1.165) is 33.1 Å². The molecule has 6 heteroatoms. The molecule has 0 aliphatic heterocycles. The van der Waals surface area contributed by atoms with Crippen LogP contribution in [0.2, 0.25) is 0 Å². The first kappa shape index (κ1) is 15.1. The third-order valence-corrected chi connectivity index (χ3v) is 4.34. The van der Waals surface area contributed by atoms with Crippen LogP contribution in [0.1, 0.15) is 13.3 Å². The summed E-state index contributed by atoms with van der Waals surface area (Å²) in [5, 5.41) is 4.07. The molecule has 0 aliphatic rings. The lowest BCUT2D eigenvalue weighted by Crippen LogP contribution is -2.04. The fourth-order valence-electron chi connectivity index (χ4n) is 1.52. The number of anilines is 1. The highest BCUT2D eigenvalue weighted by Gasteiger charge is 2.07. The van der Waals surface area contributed by atoms with E-state index in [-0.39, 0.29) is 0 Å². The second-order valence-electron chi connectivity index (χ2n) is 4.05. The van der Waals surface area contributed by atoms with Gasteiger partial charge in [-0.1, -0.05) is 24.8 Å². The maximum atomic E-state index is 5.23. The van der Waals surface area contributed by atoms with Crippen LogP contribution in [0.5, 0.6) is 5.75 Å². The van der Waals surface area contributed by atoms with Crippen LogP contribution >= 0.6 is 27.7 Å². The Morgan fingerprint density at radius 1 is 1.40 bits per heavy atom. The van der Waals surface area contributed by atoms with Crippen LogP contribution in [0.25, 0.3) is 0 Å². The van der Waals surface area contributed by atoms with E-state index in [1.54, 1.807) is 25.1 Å². The molecule has 106 valence electrons. The SMILES string of the molecule is CCCNc1ncc(Br)c(Sc2cccc(OC)c2)n1. The van der Waals surface area contributed by atoms with Crippen LogP contribution in [-0.2, 0) is 0 Å². The van der Waals surface area contributed by atoms with E-state index >= 15 is 0 Å². The lowest BCUT2D eigenvalue weighted by atomic mass is 10.3. The summed E-state index contributed by atoms with van der Waals surface area (Å²) in [5.74, 6) is 1.49. The van der Waals surface area contributed by atoms with Crippen LogP contribution in [-0.4, -0.2) is 23.6 Å². The highest BCUT2D eigenvalue weighted by molar-refractivity contribution is 9.10. The average molecular weight is 354 g/mol. The van der Waals surface area contributed by atoms with Gasteiger partial charge < -0.3 is 10.1 Å². The summed E-state index contributed by atoms with van der Waals surface area (Å²) in [7, 11) is 1.66. The van der Waals surface area contributed by atoms with E-state index in [1.807, 2.05) is 24.3 Å². The minimum absolute atomic E-state index is 0.653. The van der Waals surface area contributed by atoms with Gasteiger partial charge >= 0.3 is 0 Å². The van der Waals surface area contributed by atoms with Crippen LogP contribution in [0.3, 0.4) is 0 Å². The predicted octanol–water partition coefficient (Wildman–Crippen LogP) is 4.22. The lowest BCUT2D eigenvalue weighted by molar-refractivity contribution is 0.413. The molecule has 1 aromatic carbocycles. The van der Waals surface area contributed by atoms with Gasteiger partial charge in [0.25, 0.3) is 0 Å². The summed E-state index contributed by atoms with van der Waals surface area (Å²) in [4.78, 5) is 9.83. The van der Waals surface area contributed by atoms with Crippen molar-refractivity contribution in [1.29, 1.82) is 0 Å². The number of nitrogens with one attached hydrogen (secondary N) is 1. The van der Waals surface area contributed by atoms with Crippen molar-refractivity contribution in [3.63, 3.8) is 0 Å². The van der Waals surface area contributed by atoms with Gasteiger partial charge in [-0.15, -0.1) is 0 Å². The van der Waals surface area contributed by atoms with Gasteiger partial charge in [0.05, 0.1) is 11.6 Å². The zero-order valence-corrected chi connectivity index (χ0v) is 13.8. The van der Waals surface area contributed by atoms with Crippen LogP contribution < -0.4 is 10.1 Å². The van der Waals surface area contributed by atoms with E-state index in [9.17, 15) is 0 Å². The molecule has 0 unspecified atom stereocenters. The standard InChI is InChI=1S/C14H16BrN3OS/c1-3-7-16-14-17-9-12(15)13(18-14)20-11-6-4-5-10(8-11)19-2/h4-6,8-9H,3,7H2,1-2H3,(H,16,17,18). The topological polar surface area (TPSA) is 47.0 Å². The zero-order valence-electron chi connectivity index (χ0n) is 11.4. The fraction of sp³-hybridized carbons (Fsp3) is 0.286. The number of methoxy groups -OCH3 is 1. The number of benzene rings is 1. The van der Waals surface area contributed by atoms with Crippen molar-refractivity contribution < 1.29 is 4.74 Å². The van der Waals surface area contributed by atoms with Gasteiger partial charge in [-0.05, 0) is 40.5 Å². The number of ether oxygens (including phenoxy) is 1. The second-order valence-corrected chi connectivity index (χ2v) is 5.97. The highest BCUT2D eigenvalue weighted by atomic mass is 79.9. The smallest absolute Gasteiger partial charge is 0.223 e. The summed E-state index contributed by atoms with van der Waals surface area (Å²) in [6.45, 7) is 2.97. The molecule has 0 amide bonds. The molecule has 0 atom stereocenters. The third kappa shape index (κ3) is 4.11. The molecule has 1 N–H and O–H groups in total. The average Bonchev–Trinajstić information content (AvgIpc) is 2.48. The molecule has 0 radical (unpaired) electrons. The molecule has 0 saturated carbocycles. The second kappa shape index (κ2) is 7.50. The molecule has 1 aromatic heterocycles. The van der Waals surface area contributed by atoms with E-state index in [1.165, 1.54) is 0 Å². The number of hydrogen-bond acceptors (Lipinski definition) is 5. The number of aromatic nitrogens is 2. The van der Waals surface area contributed by atoms with E-state index < -0.39 is 0 Å². The maximum absolute atomic E-state index is 5.23. The minimum atomic E-state index is 0.653. The minimum Gasteiger partial charge on any atom is -0.497 e. The normalized spacial score (nSPS) is 10.3. The Hall–Kier alpha value is -1.27. The first-order valence-electron chi connectivity index (χ1n) is 6.31. The van der Waals surface area contributed by atoms with Crippen molar-refractivity contribution in [3.05, 3.63) is 34.9 Å². The first-order chi connectivity index (χ1) is 9.72. The van der Waals surface area contributed by atoms with Gasteiger partial charge in [0.1, 0.15) is 10.8 Å². The molecule has 0 bridgehead atoms. The summed E-state index contributed by atoms with van der Waals surface area (Å²) in [6.07, 6.45) is 2.81. The fourth-order valence-corrected chi connectivity index (χ4v) is 2.78. The van der Waals surface area contributed by atoms with E-state index in [0.29, 0.717) is 5.95 Å². The van der Waals surface area contributed by atoms with Crippen molar-refractivity contribution in [2.24, 2.45) is 0 Å². The first-order valence-corrected chi connectivity index (χ1v) is 7.92. The van der Waals surface area contributed by atoms with Crippen molar-refractivity contribution in [2.45, 2.75) is 23.3 Å². The molecule has 2 aromatic rings.